The first kappa shape index (κ1) is 12.7. The number of likely N-dealkylation sites (tertiary alicyclic amines) is 1. The molecule has 3 rings (SSSR count). The Bertz CT molecular complexity index is 432. The van der Waals surface area contributed by atoms with Crippen molar-refractivity contribution in [3.63, 3.8) is 0 Å². The minimum absolute atomic E-state index is 0.340. The van der Waals surface area contributed by atoms with Crippen molar-refractivity contribution >= 4 is 5.91 Å². The molecule has 2 aliphatic heterocycles. The first-order chi connectivity index (χ1) is 9.34. The lowest BCUT2D eigenvalue weighted by Gasteiger charge is -2.40. The van der Waals surface area contributed by atoms with Gasteiger partial charge in [-0.15, -0.1) is 0 Å². The number of carbonyl (C=O) groups is 1. The molecule has 2 saturated heterocycles. The SMILES string of the molecule is O=C1CC[C@@H]2CCNCC[C@H]2N1Cc1ccccc1. The topological polar surface area (TPSA) is 32.3 Å². The van der Waals surface area contributed by atoms with E-state index < -0.39 is 0 Å². The maximum atomic E-state index is 12.3. The standard InChI is InChI=1S/C16H22N2O/c19-16-7-6-14-8-10-17-11-9-15(14)18(16)12-13-4-2-1-3-5-13/h1-5,14-15,17H,6-12H2/t14-,15-/m1/s1. The quantitative estimate of drug-likeness (QED) is 0.882. The minimum Gasteiger partial charge on any atom is -0.335 e. The van der Waals surface area contributed by atoms with Crippen LogP contribution in [0.2, 0.25) is 0 Å². The van der Waals surface area contributed by atoms with Crippen LogP contribution in [0.5, 0.6) is 0 Å². The first-order valence-electron chi connectivity index (χ1n) is 7.39. The number of nitrogens with one attached hydrogen (secondary N) is 1. The highest BCUT2D eigenvalue weighted by Gasteiger charge is 2.35. The molecule has 0 aliphatic carbocycles. The Kier molecular flexibility index (Phi) is 3.83. The van der Waals surface area contributed by atoms with Crippen molar-refractivity contribution in [2.24, 2.45) is 5.92 Å². The fraction of sp³-hybridized carbons (Fsp3) is 0.562. The Balaban J connectivity index is 1.78. The number of benzene rings is 1. The number of piperidine rings is 1. The molecule has 2 aliphatic rings. The Morgan fingerprint density at radius 1 is 1.11 bits per heavy atom. The molecule has 102 valence electrons. The van der Waals surface area contributed by atoms with E-state index in [2.05, 4.69) is 34.5 Å². The fourth-order valence-electron chi connectivity index (χ4n) is 3.46. The van der Waals surface area contributed by atoms with Crippen molar-refractivity contribution in [2.75, 3.05) is 13.1 Å². The van der Waals surface area contributed by atoms with Crippen LogP contribution in [0.1, 0.15) is 31.2 Å². The zero-order valence-corrected chi connectivity index (χ0v) is 11.3. The van der Waals surface area contributed by atoms with Crippen molar-refractivity contribution in [1.29, 1.82) is 0 Å². The number of hydrogen-bond donors (Lipinski definition) is 1. The summed E-state index contributed by atoms with van der Waals surface area (Å²) in [6.45, 7) is 2.93. The molecule has 0 spiro atoms. The predicted octanol–water partition coefficient (Wildman–Crippen LogP) is 2.18. The average Bonchev–Trinajstić information content (AvgIpc) is 2.69. The van der Waals surface area contributed by atoms with Crippen LogP contribution in [0.25, 0.3) is 0 Å². The third-order valence-electron chi connectivity index (χ3n) is 4.50. The third-order valence-corrected chi connectivity index (χ3v) is 4.50. The highest BCUT2D eigenvalue weighted by atomic mass is 16.2. The number of fused-ring (bicyclic) bond motifs is 1. The summed E-state index contributed by atoms with van der Waals surface area (Å²) in [5.41, 5.74) is 1.24. The molecule has 0 saturated carbocycles. The van der Waals surface area contributed by atoms with Crippen molar-refractivity contribution in [3.05, 3.63) is 35.9 Å². The van der Waals surface area contributed by atoms with Gasteiger partial charge in [0.25, 0.3) is 0 Å². The van der Waals surface area contributed by atoms with Crippen molar-refractivity contribution in [2.45, 2.75) is 38.3 Å². The van der Waals surface area contributed by atoms with Gasteiger partial charge in [0.15, 0.2) is 0 Å². The Morgan fingerprint density at radius 2 is 1.89 bits per heavy atom. The van der Waals surface area contributed by atoms with Gasteiger partial charge in [-0.3, -0.25) is 4.79 Å². The summed E-state index contributed by atoms with van der Waals surface area (Å²) in [6.07, 6.45) is 4.12. The van der Waals surface area contributed by atoms with Gasteiger partial charge in [0, 0.05) is 19.0 Å². The van der Waals surface area contributed by atoms with Crippen LogP contribution in [0, 0.1) is 5.92 Å². The van der Waals surface area contributed by atoms with Gasteiger partial charge >= 0.3 is 0 Å². The van der Waals surface area contributed by atoms with E-state index in [-0.39, 0.29) is 0 Å². The van der Waals surface area contributed by atoms with E-state index in [1.54, 1.807) is 0 Å². The maximum absolute atomic E-state index is 12.3. The summed E-state index contributed by atoms with van der Waals surface area (Å²) in [4.78, 5) is 14.4. The second kappa shape index (κ2) is 5.74. The van der Waals surface area contributed by atoms with Gasteiger partial charge in [-0.05, 0) is 43.8 Å². The third kappa shape index (κ3) is 2.81. The second-order valence-electron chi connectivity index (χ2n) is 5.70. The number of hydrogen-bond acceptors (Lipinski definition) is 2. The van der Waals surface area contributed by atoms with Crippen molar-refractivity contribution in [3.8, 4) is 0 Å². The van der Waals surface area contributed by atoms with Crippen LogP contribution < -0.4 is 5.32 Å². The van der Waals surface area contributed by atoms with E-state index in [9.17, 15) is 4.79 Å². The highest BCUT2D eigenvalue weighted by molar-refractivity contribution is 5.77. The monoisotopic (exact) mass is 258 g/mol. The van der Waals surface area contributed by atoms with Crippen LogP contribution in [0.3, 0.4) is 0 Å². The van der Waals surface area contributed by atoms with Gasteiger partial charge in [-0.1, -0.05) is 30.3 Å². The Morgan fingerprint density at radius 3 is 2.74 bits per heavy atom. The van der Waals surface area contributed by atoms with E-state index in [0.29, 0.717) is 17.9 Å². The summed E-state index contributed by atoms with van der Waals surface area (Å²) < 4.78 is 0. The van der Waals surface area contributed by atoms with E-state index in [1.807, 2.05) is 6.07 Å². The molecule has 1 aromatic rings. The molecule has 3 nitrogen and oxygen atoms in total. The summed E-state index contributed by atoms with van der Waals surface area (Å²) in [5.74, 6) is 1.03. The van der Waals surface area contributed by atoms with Crippen LogP contribution in [0.4, 0.5) is 0 Å². The summed E-state index contributed by atoms with van der Waals surface area (Å²) in [7, 11) is 0. The van der Waals surface area contributed by atoms with Gasteiger partial charge in [-0.2, -0.15) is 0 Å². The number of nitrogens with zero attached hydrogens (tertiary/aromatic N) is 1. The Labute approximate surface area is 115 Å². The summed E-state index contributed by atoms with van der Waals surface area (Å²) >= 11 is 0. The second-order valence-corrected chi connectivity index (χ2v) is 5.70. The summed E-state index contributed by atoms with van der Waals surface area (Å²) in [6, 6.07) is 10.8. The molecule has 1 N–H and O–H groups in total. The zero-order valence-electron chi connectivity index (χ0n) is 11.3. The lowest BCUT2D eigenvalue weighted by Crippen LogP contribution is -2.48. The molecule has 0 bridgehead atoms. The van der Waals surface area contributed by atoms with Gasteiger partial charge in [0.2, 0.25) is 5.91 Å². The van der Waals surface area contributed by atoms with Gasteiger partial charge in [0.05, 0.1) is 0 Å². The molecule has 19 heavy (non-hydrogen) atoms. The van der Waals surface area contributed by atoms with Crippen molar-refractivity contribution in [1.82, 2.24) is 10.2 Å². The fourth-order valence-corrected chi connectivity index (χ4v) is 3.46. The molecule has 2 atom stereocenters. The number of amides is 1. The lowest BCUT2D eigenvalue weighted by molar-refractivity contribution is -0.139. The normalized spacial score (nSPS) is 27.8. The van der Waals surface area contributed by atoms with E-state index >= 15 is 0 Å². The van der Waals surface area contributed by atoms with Crippen LogP contribution in [0.15, 0.2) is 30.3 Å². The highest BCUT2D eigenvalue weighted by Crippen LogP contribution is 2.31. The zero-order chi connectivity index (χ0) is 13.1. The van der Waals surface area contributed by atoms with Crippen LogP contribution in [-0.2, 0) is 11.3 Å². The molecule has 0 radical (unpaired) electrons. The first-order valence-corrected chi connectivity index (χ1v) is 7.39. The van der Waals surface area contributed by atoms with E-state index in [0.717, 1.165) is 38.9 Å². The smallest absolute Gasteiger partial charge is 0.223 e. The minimum atomic E-state index is 0.340. The molecular weight excluding hydrogens is 236 g/mol. The molecule has 1 amide bonds. The largest absolute Gasteiger partial charge is 0.335 e. The van der Waals surface area contributed by atoms with E-state index in [4.69, 9.17) is 0 Å². The maximum Gasteiger partial charge on any atom is 0.223 e. The molecule has 1 aromatic carbocycles. The van der Waals surface area contributed by atoms with Gasteiger partial charge in [-0.25, -0.2) is 0 Å². The van der Waals surface area contributed by atoms with Crippen LogP contribution in [-0.4, -0.2) is 29.9 Å². The van der Waals surface area contributed by atoms with Gasteiger partial charge < -0.3 is 10.2 Å². The number of rotatable bonds is 2. The lowest BCUT2D eigenvalue weighted by atomic mass is 9.85. The molecule has 2 heterocycles. The predicted molar refractivity (Wildman–Crippen MR) is 75.6 cm³/mol. The molecule has 0 unspecified atom stereocenters. The average molecular weight is 258 g/mol. The van der Waals surface area contributed by atoms with Gasteiger partial charge in [0.1, 0.15) is 0 Å². The molecule has 2 fully saturated rings. The Hall–Kier alpha value is -1.35. The molecule has 0 aromatic heterocycles. The van der Waals surface area contributed by atoms with Crippen LogP contribution >= 0.6 is 0 Å². The molecular formula is C16H22N2O. The number of carbonyl (C=O) groups excluding carboxylic acids is 1. The summed E-state index contributed by atoms with van der Waals surface area (Å²) in [5, 5.41) is 3.46. The van der Waals surface area contributed by atoms with E-state index in [1.165, 1.54) is 12.0 Å². The van der Waals surface area contributed by atoms with Crippen molar-refractivity contribution < 1.29 is 4.79 Å². The molecule has 3 heteroatoms.